The molecule has 1 atom stereocenters. The fourth-order valence-corrected chi connectivity index (χ4v) is 2.33. The largest absolute Gasteiger partial charge is 0.481 e. The van der Waals surface area contributed by atoms with Crippen LogP contribution in [0.2, 0.25) is 0 Å². The van der Waals surface area contributed by atoms with Crippen LogP contribution in [0.4, 0.5) is 0 Å². The molecule has 0 amide bonds. The Kier molecular flexibility index (Phi) is 4.54. The lowest BCUT2D eigenvalue weighted by molar-refractivity contribution is -0.170. The summed E-state index contributed by atoms with van der Waals surface area (Å²) in [5, 5.41) is 9.19. The van der Waals surface area contributed by atoms with Crippen LogP contribution in [0.3, 0.4) is 0 Å². The van der Waals surface area contributed by atoms with Crippen LogP contribution in [-0.4, -0.2) is 22.6 Å². The number of carbonyl (C=O) groups is 2. The summed E-state index contributed by atoms with van der Waals surface area (Å²) in [5.41, 5.74) is -0.626. The van der Waals surface area contributed by atoms with Gasteiger partial charge < -0.3 is 9.84 Å². The van der Waals surface area contributed by atoms with Crippen LogP contribution in [0.15, 0.2) is 0 Å². The van der Waals surface area contributed by atoms with Gasteiger partial charge in [-0.15, -0.1) is 0 Å². The number of hydrogen-bond donors (Lipinski definition) is 1. The lowest BCUT2D eigenvalue weighted by atomic mass is 9.80. The van der Waals surface area contributed by atoms with Crippen molar-refractivity contribution in [3.05, 3.63) is 0 Å². The highest BCUT2D eigenvalue weighted by Crippen LogP contribution is 2.31. The average Bonchev–Trinajstić information content (AvgIpc) is 2.15. The molecule has 0 saturated heterocycles. The Labute approximate surface area is 102 Å². The van der Waals surface area contributed by atoms with E-state index >= 15 is 0 Å². The maximum Gasteiger partial charge on any atom is 0.321 e. The van der Waals surface area contributed by atoms with Gasteiger partial charge >= 0.3 is 11.9 Å². The summed E-state index contributed by atoms with van der Waals surface area (Å²) < 4.78 is 5.19. The molecule has 4 nitrogen and oxygen atoms in total. The standard InChI is InChI=1S/C13H22O4/c1-13(2,3)17-12(16)10(11(14)15)9-7-5-4-6-8-9/h9-10H,4-8H2,1-3H3,(H,14,15)/t10-/m0/s1. The van der Waals surface area contributed by atoms with Crippen LogP contribution in [-0.2, 0) is 14.3 Å². The molecule has 1 rings (SSSR count). The third-order valence-corrected chi connectivity index (χ3v) is 3.05. The lowest BCUT2D eigenvalue weighted by Crippen LogP contribution is -2.37. The van der Waals surface area contributed by atoms with Crippen LogP contribution in [0.25, 0.3) is 0 Å². The van der Waals surface area contributed by atoms with Gasteiger partial charge in [0.15, 0.2) is 5.92 Å². The second kappa shape index (κ2) is 5.52. The lowest BCUT2D eigenvalue weighted by Gasteiger charge is -2.28. The van der Waals surface area contributed by atoms with Gasteiger partial charge in [0.2, 0.25) is 0 Å². The van der Waals surface area contributed by atoms with Crippen molar-refractivity contribution in [2.45, 2.75) is 58.5 Å². The summed E-state index contributed by atoms with van der Waals surface area (Å²) in [6, 6.07) is 0. The molecule has 1 aliphatic rings. The number of carbonyl (C=O) groups excluding carboxylic acids is 1. The number of rotatable bonds is 3. The molecule has 0 aromatic carbocycles. The maximum atomic E-state index is 11.9. The summed E-state index contributed by atoms with van der Waals surface area (Å²) in [6.07, 6.45) is 4.79. The Morgan fingerprint density at radius 1 is 1.18 bits per heavy atom. The zero-order valence-corrected chi connectivity index (χ0v) is 10.9. The van der Waals surface area contributed by atoms with E-state index in [1.54, 1.807) is 20.8 Å². The Hall–Kier alpha value is -1.06. The predicted octanol–water partition coefficient (Wildman–Crippen LogP) is 2.61. The summed E-state index contributed by atoms with van der Waals surface area (Å²) in [5.74, 6) is -2.69. The Morgan fingerprint density at radius 2 is 1.71 bits per heavy atom. The number of aliphatic carboxylic acids is 1. The van der Waals surface area contributed by atoms with E-state index in [0.29, 0.717) is 0 Å². The molecule has 0 radical (unpaired) electrons. The van der Waals surface area contributed by atoms with Crippen LogP contribution >= 0.6 is 0 Å². The highest BCUT2D eigenvalue weighted by molar-refractivity contribution is 5.94. The Morgan fingerprint density at radius 3 is 2.12 bits per heavy atom. The monoisotopic (exact) mass is 242 g/mol. The highest BCUT2D eigenvalue weighted by atomic mass is 16.6. The minimum Gasteiger partial charge on any atom is -0.481 e. The van der Waals surface area contributed by atoms with Crippen molar-refractivity contribution in [2.75, 3.05) is 0 Å². The van der Waals surface area contributed by atoms with Crippen molar-refractivity contribution in [1.29, 1.82) is 0 Å². The topological polar surface area (TPSA) is 63.6 Å². The summed E-state index contributed by atoms with van der Waals surface area (Å²) in [7, 11) is 0. The quantitative estimate of drug-likeness (QED) is 0.610. The van der Waals surface area contributed by atoms with E-state index in [2.05, 4.69) is 0 Å². The molecule has 98 valence electrons. The summed E-state index contributed by atoms with van der Waals surface area (Å²) in [4.78, 5) is 23.1. The van der Waals surface area contributed by atoms with Crippen LogP contribution in [0.5, 0.6) is 0 Å². The number of hydrogen-bond acceptors (Lipinski definition) is 3. The molecule has 0 aromatic rings. The van der Waals surface area contributed by atoms with Gasteiger partial charge in [0.05, 0.1) is 0 Å². The highest BCUT2D eigenvalue weighted by Gasteiger charge is 2.38. The van der Waals surface area contributed by atoms with Crippen molar-refractivity contribution >= 4 is 11.9 Å². The fraction of sp³-hybridized carbons (Fsp3) is 0.846. The first-order valence-electron chi connectivity index (χ1n) is 6.27. The van der Waals surface area contributed by atoms with Crippen molar-refractivity contribution < 1.29 is 19.4 Å². The van der Waals surface area contributed by atoms with E-state index in [-0.39, 0.29) is 5.92 Å². The number of carboxylic acid groups (broad SMARTS) is 1. The second-order valence-corrected chi connectivity index (χ2v) is 5.75. The molecule has 0 aliphatic heterocycles. The smallest absolute Gasteiger partial charge is 0.321 e. The third-order valence-electron chi connectivity index (χ3n) is 3.05. The van der Waals surface area contributed by atoms with Crippen molar-refractivity contribution in [3.8, 4) is 0 Å². The van der Waals surface area contributed by atoms with Crippen LogP contribution in [0.1, 0.15) is 52.9 Å². The van der Waals surface area contributed by atoms with Gasteiger partial charge in [-0.2, -0.15) is 0 Å². The normalized spacial score (nSPS) is 19.7. The molecule has 0 heterocycles. The van der Waals surface area contributed by atoms with Gasteiger partial charge in [-0.3, -0.25) is 9.59 Å². The first-order valence-corrected chi connectivity index (χ1v) is 6.27. The van der Waals surface area contributed by atoms with Gasteiger partial charge in [0, 0.05) is 0 Å². The first-order chi connectivity index (χ1) is 7.81. The molecule has 1 N–H and O–H groups in total. The van der Waals surface area contributed by atoms with E-state index in [0.717, 1.165) is 32.1 Å². The van der Waals surface area contributed by atoms with Crippen molar-refractivity contribution in [3.63, 3.8) is 0 Å². The molecule has 17 heavy (non-hydrogen) atoms. The Balaban J connectivity index is 2.71. The molecular weight excluding hydrogens is 220 g/mol. The minimum absolute atomic E-state index is 0.0592. The van der Waals surface area contributed by atoms with Gasteiger partial charge in [-0.25, -0.2) is 0 Å². The van der Waals surface area contributed by atoms with Gasteiger partial charge in [0.1, 0.15) is 5.60 Å². The van der Waals surface area contributed by atoms with Gasteiger partial charge in [0.25, 0.3) is 0 Å². The van der Waals surface area contributed by atoms with E-state index in [9.17, 15) is 14.7 Å². The number of ether oxygens (including phenoxy) is 1. The van der Waals surface area contributed by atoms with Crippen molar-refractivity contribution in [2.24, 2.45) is 11.8 Å². The minimum atomic E-state index is -1.05. The summed E-state index contributed by atoms with van der Waals surface area (Å²) in [6.45, 7) is 5.26. The fourth-order valence-electron chi connectivity index (χ4n) is 2.33. The second-order valence-electron chi connectivity index (χ2n) is 5.75. The molecule has 1 fully saturated rings. The maximum absolute atomic E-state index is 11.9. The molecular formula is C13H22O4. The van der Waals surface area contributed by atoms with E-state index in [1.165, 1.54) is 0 Å². The molecule has 0 bridgehead atoms. The summed E-state index contributed by atoms with van der Waals surface area (Å²) >= 11 is 0. The molecule has 1 aliphatic carbocycles. The van der Waals surface area contributed by atoms with E-state index < -0.39 is 23.5 Å². The number of esters is 1. The Bertz CT molecular complexity index is 284. The average molecular weight is 242 g/mol. The third kappa shape index (κ3) is 4.36. The predicted molar refractivity (Wildman–Crippen MR) is 63.5 cm³/mol. The molecule has 0 aromatic heterocycles. The zero-order valence-electron chi connectivity index (χ0n) is 10.9. The molecule has 1 saturated carbocycles. The van der Waals surface area contributed by atoms with E-state index in [4.69, 9.17) is 4.74 Å². The van der Waals surface area contributed by atoms with Crippen LogP contribution < -0.4 is 0 Å². The van der Waals surface area contributed by atoms with Gasteiger partial charge in [-0.1, -0.05) is 19.3 Å². The van der Waals surface area contributed by atoms with Gasteiger partial charge in [-0.05, 0) is 39.5 Å². The van der Waals surface area contributed by atoms with Crippen molar-refractivity contribution in [1.82, 2.24) is 0 Å². The molecule has 4 heteroatoms. The SMILES string of the molecule is CC(C)(C)OC(=O)[C@H](C(=O)O)C1CCCCC1. The first kappa shape index (κ1) is 14.0. The molecule has 0 unspecified atom stereocenters. The van der Waals surface area contributed by atoms with Crippen LogP contribution in [0, 0.1) is 11.8 Å². The number of carboxylic acids is 1. The zero-order chi connectivity index (χ0) is 13.1. The van der Waals surface area contributed by atoms with E-state index in [1.807, 2.05) is 0 Å². The molecule has 0 spiro atoms.